The van der Waals surface area contributed by atoms with E-state index in [-0.39, 0.29) is 4.75 Å². The Morgan fingerprint density at radius 2 is 1.83 bits per heavy atom. The number of aromatic nitrogens is 2. The molecule has 0 bridgehead atoms. The maximum absolute atomic E-state index is 12.8. The number of nitrogens with zero attached hydrogens (tertiary/aromatic N) is 5. The van der Waals surface area contributed by atoms with Crippen LogP contribution in [-0.2, 0) is 6.42 Å². The molecule has 3 aliphatic rings. The van der Waals surface area contributed by atoms with Gasteiger partial charge in [0.05, 0.1) is 18.4 Å². The van der Waals surface area contributed by atoms with E-state index in [0.717, 1.165) is 68.1 Å². The predicted molar refractivity (Wildman–Crippen MR) is 117 cm³/mol. The molecule has 0 aliphatic carbocycles. The van der Waals surface area contributed by atoms with E-state index >= 15 is 0 Å². The second kappa shape index (κ2) is 6.98. The minimum Gasteiger partial charge on any atom is -0.356 e. The van der Waals surface area contributed by atoms with Gasteiger partial charge >= 0.3 is 6.18 Å². The van der Waals surface area contributed by atoms with Crippen LogP contribution in [0.2, 0.25) is 0 Å². The third-order valence-electron chi connectivity index (χ3n) is 6.14. The molecule has 1 spiro atoms. The number of thiophene rings is 1. The topological polar surface area (TPSA) is 44.6 Å². The van der Waals surface area contributed by atoms with Crippen molar-refractivity contribution >= 4 is 44.3 Å². The van der Waals surface area contributed by atoms with Crippen molar-refractivity contribution < 1.29 is 13.2 Å². The van der Waals surface area contributed by atoms with Gasteiger partial charge in [-0.05, 0) is 32.8 Å². The van der Waals surface area contributed by atoms with E-state index in [1.54, 1.807) is 6.07 Å². The van der Waals surface area contributed by atoms with Crippen LogP contribution in [0, 0.1) is 5.41 Å². The first-order chi connectivity index (χ1) is 14.1. The van der Waals surface area contributed by atoms with Crippen LogP contribution >= 0.6 is 23.1 Å². The largest absolute Gasteiger partial charge is 0.393 e. The highest BCUT2D eigenvalue weighted by atomic mass is 32.2. The van der Waals surface area contributed by atoms with Gasteiger partial charge in [-0.25, -0.2) is 9.97 Å². The standard InChI is InChI=1S/C20H24F3N5S2/c1-18(2)9-24-17(30-18)28-10-19(11-28)3-5-27(6-4-19)15-14-7-13(8-20(21,22)23)29-16(14)26-12-25-15/h7,12H,3-6,8-11H2,1-2H3. The van der Waals surface area contributed by atoms with E-state index in [4.69, 9.17) is 4.99 Å². The number of amidine groups is 1. The quantitative estimate of drug-likeness (QED) is 0.663. The molecule has 2 aromatic heterocycles. The minimum absolute atomic E-state index is 0.200. The molecule has 0 radical (unpaired) electrons. The van der Waals surface area contributed by atoms with Crippen molar-refractivity contribution in [2.24, 2.45) is 10.4 Å². The summed E-state index contributed by atoms with van der Waals surface area (Å²) in [5.41, 5.74) is 0.328. The van der Waals surface area contributed by atoms with Crippen LogP contribution in [0.25, 0.3) is 10.2 Å². The van der Waals surface area contributed by atoms with Gasteiger partial charge in [-0.2, -0.15) is 13.2 Å². The maximum atomic E-state index is 12.8. The molecular formula is C20H24F3N5S2. The SMILES string of the molecule is CC1(C)CN=C(N2CC3(CCN(c4ncnc5sc(CC(F)(F)F)cc45)CC3)C2)S1. The molecule has 5 nitrogen and oxygen atoms in total. The van der Waals surface area contributed by atoms with Crippen molar-refractivity contribution in [1.82, 2.24) is 14.9 Å². The molecule has 0 atom stereocenters. The Hall–Kier alpha value is -1.55. The van der Waals surface area contributed by atoms with E-state index < -0.39 is 12.6 Å². The number of likely N-dealkylation sites (tertiary alicyclic amines) is 1. The fraction of sp³-hybridized carbons (Fsp3) is 0.650. The minimum atomic E-state index is -4.21. The van der Waals surface area contributed by atoms with E-state index in [1.165, 1.54) is 11.5 Å². The second-order valence-corrected chi connectivity index (χ2v) is 12.0. The van der Waals surface area contributed by atoms with Gasteiger partial charge in [0.2, 0.25) is 0 Å². The Balaban J connectivity index is 1.25. The summed E-state index contributed by atoms with van der Waals surface area (Å²) >= 11 is 2.99. The zero-order valence-electron chi connectivity index (χ0n) is 17.0. The van der Waals surface area contributed by atoms with Crippen LogP contribution in [-0.4, -0.2) is 63.7 Å². The molecule has 2 fully saturated rings. The van der Waals surface area contributed by atoms with E-state index in [1.807, 2.05) is 11.8 Å². The monoisotopic (exact) mass is 455 g/mol. The average molecular weight is 456 g/mol. The molecule has 0 aromatic carbocycles. The lowest BCUT2D eigenvalue weighted by atomic mass is 9.72. The molecular weight excluding hydrogens is 431 g/mol. The number of hydrogen-bond acceptors (Lipinski definition) is 7. The fourth-order valence-electron chi connectivity index (χ4n) is 4.57. The van der Waals surface area contributed by atoms with E-state index in [0.29, 0.717) is 15.1 Å². The number of thioether (sulfide) groups is 1. The smallest absolute Gasteiger partial charge is 0.356 e. The maximum Gasteiger partial charge on any atom is 0.393 e. The number of alkyl halides is 3. The van der Waals surface area contributed by atoms with Crippen LogP contribution < -0.4 is 4.90 Å². The summed E-state index contributed by atoms with van der Waals surface area (Å²) < 4.78 is 38.6. The molecule has 3 aliphatic heterocycles. The van der Waals surface area contributed by atoms with Gasteiger partial charge in [0, 0.05) is 41.2 Å². The number of hydrogen-bond donors (Lipinski definition) is 0. The highest BCUT2D eigenvalue weighted by Gasteiger charge is 2.47. The van der Waals surface area contributed by atoms with Gasteiger partial charge in [0.1, 0.15) is 17.0 Å². The fourth-order valence-corrected chi connectivity index (χ4v) is 6.60. The van der Waals surface area contributed by atoms with Crippen LogP contribution in [0.4, 0.5) is 19.0 Å². The zero-order chi connectivity index (χ0) is 21.1. The van der Waals surface area contributed by atoms with Gasteiger partial charge in [-0.1, -0.05) is 11.8 Å². The molecule has 0 amide bonds. The highest BCUT2D eigenvalue weighted by molar-refractivity contribution is 8.15. The molecule has 30 heavy (non-hydrogen) atoms. The summed E-state index contributed by atoms with van der Waals surface area (Å²) in [5.74, 6) is 0.771. The number of rotatable bonds is 2. The number of aliphatic imine (C=N–C) groups is 1. The summed E-state index contributed by atoms with van der Waals surface area (Å²) in [6.45, 7) is 9.19. The van der Waals surface area contributed by atoms with Crippen molar-refractivity contribution in [3.63, 3.8) is 0 Å². The Bertz CT molecular complexity index is 984. The predicted octanol–water partition coefficient (Wildman–Crippen LogP) is 4.58. The molecule has 5 rings (SSSR count). The summed E-state index contributed by atoms with van der Waals surface area (Å²) in [5, 5.41) is 1.92. The highest BCUT2D eigenvalue weighted by Crippen LogP contribution is 2.45. The summed E-state index contributed by atoms with van der Waals surface area (Å²) in [4.78, 5) is 18.9. The van der Waals surface area contributed by atoms with E-state index in [9.17, 15) is 13.2 Å². The van der Waals surface area contributed by atoms with Crippen LogP contribution in [0.15, 0.2) is 17.4 Å². The molecule has 0 unspecified atom stereocenters. The second-order valence-electron chi connectivity index (χ2n) is 9.22. The lowest BCUT2D eigenvalue weighted by Gasteiger charge is -2.54. The molecule has 5 heterocycles. The first kappa shape index (κ1) is 20.4. The van der Waals surface area contributed by atoms with Crippen LogP contribution in [0.5, 0.6) is 0 Å². The molecule has 0 N–H and O–H groups in total. The first-order valence-corrected chi connectivity index (χ1v) is 11.8. The molecule has 2 aromatic rings. The summed E-state index contributed by atoms with van der Waals surface area (Å²) in [7, 11) is 0. The van der Waals surface area contributed by atoms with Gasteiger partial charge in [0.15, 0.2) is 5.17 Å². The van der Waals surface area contributed by atoms with Gasteiger partial charge in [-0.15, -0.1) is 11.3 Å². The molecule has 162 valence electrons. The Morgan fingerprint density at radius 3 is 2.47 bits per heavy atom. The third-order valence-corrected chi connectivity index (χ3v) is 8.44. The third kappa shape index (κ3) is 3.88. The Labute approximate surface area is 181 Å². The van der Waals surface area contributed by atoms with Crippen molar-refractivity contribution in [2.45, 2.75) is 44.0 Å². The lowest BCUT2D eigenvalue weighted by molar-refractivity contribution is -0.126. The van der Waals surface area contributed by atoms with Crippen molar-refractivity contribution in [1.29, 1.82) is 0 Å². The van der Waals surface area contributed by atoms with Crippen molar-refractivity contribution in [3.05, 3.63) is 17.3 Å². The molecule has 10 heteroatoms. The van der Waals surface area contributed by atoms with Crippen LogP contribution in [0.1, 0.15) is 31.6 Å². The first-order valence-electron chi connectivity index (χ1n) is 10.2. The number of anilines is 1. The van der Waals surface area contributed by atoms with E-state index in [2.05, 4.69) is 33.6 Å². The van der Waals surface area contributed by atoms with Crippen LogP contribution in [0.3, 0.4) is 0 Å². The number of halogens is 3. The molecule has 0 saturated carbocycles. The van der Waals surface area contributed by atoms with Gasteiger partial charge in [0.25, 0.3) is 0 Å². The van der Waals surface area contributed by atoms with Gasteiger partial charge < -0.3 is 9.80 Å². The van der Waals surface area contributed by atoms with Crippen molar-refractivity contribution in [2.75, 3.05) is 37.6 Å². The summed E-state index contributed by atoms with van der Waals surface area (Å²) in [6.07, 6.45) is -1.52. The average Bonchev–Trinajstić information content (AvgIpc) is 3.20. The summed E-state index contributed by atoms with van der Waals surface area (Å²) in [6, 6.07) is 1.62. The Kier molecular flexibility index (Phi) is 4.74. The number of fused-ring (bicyclic) bond motifs is 1. The molecule has 2 saturated heterocycles. The lowest BCUT2D eigenvalue weighted by Crippen LogP contribution is -2.61. The zero-order valence-corrected chi connectivity index (χ0v) is 18.6. The normalized spacial score (nSPS) is 23.2. The number of piperidine rings is 1. The Morgan fingerprint density at radius 1 is 1.10 bits per heavy atom. The van der Waals surface area contributed by atoms with Gasteiger partial charge in [-0.3, -0.25) is 4.99 Å². The van der Waals surface area contributed by atoms with Crippen molar-refractivity contribution in [3.8, 4) is 0 Å².